The summed E-state index contributed by atoms with van der Waals surface area (Å²) in [5.74, 6) is 1.55. The van der Waals surface area contributed by atoms with E-state index in [-0.39, 0.29) is 0 Å². The SMILES string of the molecule is Clc1cc(N(c2ccccc2)c2ccccc2)c(Cl)c(N(c2cccc(-c3cc4ccccc4o3)c2)c2cccc(-c3cc4ccccc4o3)c2)c1. The quantitative estimate of drug-likeness (QED) is 0.157. The third-order valence-electron chi connectivity index (χ3n) is 9.14. The topological polar surface area (TPSA) is 32.8 Å². The molecular weight excluding hydrogens is 683 g/mol. The zero-order chi connectivity index (χ0) is 35.0. The molecule has 0 unspecified atom stereocenters. The monoisotopic (exact) mass is 712 g/mol. The molecule has 9 aromatic rings. The Hall–Kier alpha value is -6.20. The van der Waals surface area contributed by atoms with Crippen molar-refractivity contribution in [1.29, 1.82) is 0 Å². The fourth-order valence-electron chi connectivity index (χ4n) is 6.74. The molecule has 0 saturated carbocycles. The van der Waals surface area contributed by atoms with Gasteiger partial charge in [0.05, 0.1) is 16.4 Å². The Kier molecular flexibility index (Phi) is 8.24. The number of nitrogens with zero attached hydrogens (tertiary/aromatic N) is 2. The van der Waals surface area contributed by atoms with Gasteiger partial charge in [-0.2, -0.15) is 0 Å². The van der Waals surface area contributed by atoms with Crippen LogP contribution in [0.15, 0.2) is 191 Å². The molecule has 2 heterocycles. The minimum absolute atomic E-state index is 0.528. The molecular formula is C46H30Cl2N2O2. The van der Waals surface area contributed by atoms with Gasteiger partial charge in [-0.25, -0.2) is 0 Å². The average molecular weight is 714 g/mol. The lowest BCUT2D eigenvalue weighted by Crippen LogP contribution is -2.14. The zero-order valence-corrected chi connectivity index (χ0v) is 29.3. The molecule has 2 aromatic heterocycles. The number of anilines is 6. The number of halogens is 2. The summed E-state index contributed by atoms with van der Waals surface area (Å²) in [6.07, 6.45) is 0. The van der Waals surface area contributed by atoms with Crippen molar-refractivity contribution >= 4 is 79.3 Å². The summed E-state index contributed by atoms with van der Waals surface area (Å²) in [5, 5.41) is 3.16. The first-order valence-corrected chi connectivity index (χ1v) is 17.7. The van der Waals surface area contributed by atoms with Crippen LogP contribution in [0.25, 0.3) is 44.6 Å². The van der Waals surface area contributed by atoms with E-state index in [1.807, 2.05) is 97.1 Å². The first-order valence-electron chi connectivity index (χ1n) is 17.0. The molecule has 0 aliphatic carbocycles. The van der Waals surface area contributed by atoms with Crippen molar-refractivity contribution in [1.82, 2.24) is 0 Å². The first-order chi connectivity index (χ1) is 25.6. The smallest absolute Gasteiger partial charge is 0.135 e. The molecule has 0 bridgehead atoms. The van der Waals surface area contributed by atoms with Crippen LogP contribution in [0.4, 0.5) is 34.1 Å². The van der Waals surface area contributed by atoms with Gasteiger partial charge in [-0.1, -0.05) is 120 Å². The standard InChI is InChI=1S/C46H30Cl2N2O2/c47-35-29-40(49(36-17-3-1-4-18-36)37-19-5-2-6-20-37)46(48)41(30-35)50(38-21-11-15-31(25-38)44-27-33-13-7-9-23-42(33)51-44)39-22-12-16-32(26-39)45-28-34-14-8-10-24-43(34)52-45/h1-30H. The van der Waals surface area contributed by atoms with Crippen molar-refractivity contribution in [2.24, 2.45) is 0 Å². The molecule has 6 heteroatoms. The molecule has 250 valence electrons. The van der Waals surface area contributed by atoms with Crippen molar-refractivity contribution in [2.45, 2.75) is 0 Å². The van der Waals surface area contributed by atoms with E-state index in [0.29, 0.717) is 15.7 Å². The van der Waals surface area contributed by atoms with Crippen LogP contribution in [-0.4, -0.2) is 0 Å². The number of hydrogen-bond donors (Lipinski definition) is 0. The van der Waals surface area contributed by atoms with Crippen molar-refractivity contribution in [3.05, 3.63) is 192 Å². The number of hydrogen-bond acceptors (Lipinski definition) is 4. The summed E-state index contributed by atoms with van der Waals surface area (Å²) in [7, 11) is 0. The third-order valence-corrected chi connectivity index (χ3v) is 9.74. The Morgan fingerprint density at radius 3 is 1.23 bits per heavy atom. The van der Waals surface area contributed by atoms with Crippen LogP contribution in [0.5, 0.6) is 0 Å². The van der Waals surface area contributed by atoms with Gasteiger partial charge < -0.3 is 18.6 Å². The Labute approximate surface area is 311 Å². The molecule has 0 atom stereocenters. The molecule has 0 amide bonds. The van der Waals surface area contributed by atoms with E-state index in [9.17, 15) is 0 Å². The third kappa shape index (κ3) is 5.98. The van der Waals surface area contributed by atoms with Gasteiger partial charge in [0, 0.05) is 49.7 Å². The van der Waals surface area contributed by atoms with Crippen LogP contribution in [-0.2, 0) is 0 Å². The highest BCUT2D eigenvalue weighted by atomic mass is 35.5. The van der Waals surface area contributed by atoms with Crippen molar-refractivity contribution in [3.63, 3.8) is 0 Å². The van der Waals surface area contributed by atoms with Crippen molar-refractivity contribution < 1.29 is 8.83 Å². The second-order valence-corrected chi connectivity index (χ2v) is 13.3. The van der Waals surface area contributed by atoms with Crippen molar-refractivity contribution in [3.8, 4) is 22.6 Å². The summed E-state index contributed by atoms with van der Waals surface area (Å²) in [5.41, 5.74) is 8.65. The van der Waals surface area contributed by atoms with Crippen LogP contribution >= 0.6 is 23.2 Å². The zero-order valence-electron chi connectivity index (χ0n) is 27.8. The molecule has 0 aliphatic rings. The van der Waals surface area contributed by atoms with Gasteiger partial charge in [0.15, 0.2) is 0 Å². The molecule has 0 saturated heterocycles. The lowest BCUT2D eigenvalue weighted by atomic mass is 10.1. The summed E-state index contributed by atoms with van der Waals surface area (Å²) >= 11 is 14.7. The van der Waals surface area contributed by atoms with Crippen LogP contribution < -0.4 is 9.80 Å². The van der Waals surface area contributed by atoms with E-state index < -0.39 is 0 Å². The molecule has 0 fully saturated rings. The molecule has 0 radical (unpaired) electrons. The largest absolute Gasteiger partial charge is 0.456 e. The fraction of sp³-hybridized carbons (Fsp3) is 0. The lowest BCUT2D eigenvalue weighted by Gasteiger charge is -2.31. The van der Waals surface area contributed by atoms with Gasteiger partial charge in [-0.3, -0.25) is 0 Å². The van der Waals surface area contributed by atoms with E-state index in [1.165, 1.54) is 0 Å². The molecule has 0 aliphatic heterocycles. The normalized spacial score (nSPS) is 11.3. The van der Waals surface area contributed by atoms with Crippen LogP contribution in [0.1, 0.15) is 0 Å². The number of para-hydroxylation sites is 4. The van der Waals surface area contributed by atoms with Crippen LogP contribution in [0.3, 0.4) is 0 Å². The van der Waals surface area contributed by atoms with Gasteiger partial charge in [-0.05, 0) is 84.9 Å². The summed E-state index contributed by atoms with van der Waals surface area (Å²) in [4.78, 5) is 4.27. The Bertz CT molecular complexity index is 2460. The average Bonchev–Trinajstić information content (AvgIpc) is 3.83. The fourth-order valence-corrected chi connectivity index (χ4v) is 7.22. The predicted molar refractivity (Wildman–Crippen MR) is 216 cm³/mol. The molecule has 4 nitrogen and oxygen atoms in total. The number of benzene rings is 7. The van der Waals surface area contributed by atoms with Crippen LogP contribution in [0, 0.1) is 0 Å². The second kappa shape index (κ2) is 13.5. The maximum atomic E-state index is 7.61. The molecule has 52 heavy (non-hydrogen) atoms. The van der Waals surface area contributed by atoms with Gasteiger partial charge in [0.2, 0.25) is 0 Å². The summed E-state index contributed by atoms with van der Waals surface area (Å²) < 4.78 is 12.6. The minimum Gasteiger partial charge on any atom is -0.456 e. The van der Waals surface area contributed by atoms with E-state index in [0.717, 1.165) is 73.0 Å². The van der Waals surface area contributed by atoms with Gasteiger partial charge in [-0.15, -0.1) is 0 Å². The van der Waals surface area contributed by atoms with Crippen molar-refractivity contribution in [2.75, 3.05) is 9.80 Å². The Morgan fingerprint density at radius 1 is 0.365 bits per heavy atom. The molecule has 7 aromatic carbocycles. The highest BCUT2D eigenvalue weighted by Crippen LogP contribution is 2.49. The number of fused-ring (bicyclic) bond motifs is 2. The minimum atomic E-state index is 0.528. The predicted octanol–water partition coefficient (Wildman–Crippen LogP) is 14.8. The van der Waals surface area contributed by atoms with E-state index in [2.05, 4.69) is 94.7 Å². The highest BCUT2D eigenvalue weighted by molar-refractivity contribution is 6.38. The van der Waals surface area contributed by atoms with E-state index in [1.54, 1.807) is 0 Å². The Balaban J connectivity index is 1.25. The highest BCUT2D eigenvalue weighted by Gasteiger charge is 2.24. The summed E-state index contributed by atoms with van der Waals surface area (Å²) in [6.45, 7) is 0. The Morgan fingerprint density at radius 2 is 0.769 bits per heavy atom. The molecule has 0 N–H and O–H groups in total. The van der Waals surface area contributed by atoms with E-state index in [4.69, 9.17) is 32.0 Å². The summed E-state index contributed by atoms with van der Waals surface area (Å²) in [6, 6.07) is 61.0. The van der Waals surface area contributed by atoms with Gasteiger partial charge >= 0.3 is 0 Å². The van der Waals surface area contributed by atoms with Gasteiger partial charge in [0.1, 0.15) is 22.7 Å². The maximum Gasteiger partial charge on any atom is 0.135 e. The first kappa shape index (κ1) is 31.8. The van der Waals surface area contributed by atoms with Gasteiger partial charge in [0.25, 0.3) is 0 Å². The molecule has 9 rings (SSSR count). The maximum absolute atomic E-state index is 7.61. The molecule has 0 spiro atoms. The second-order valence-electron chi connectivity index (χ2n) is 12.5. The van der Waals surface area contributed by atoms with Crippen LogP contribution in [0.2, 0.25) is 10.0 Å². The van der Waals surface area contributed by atoms with E-state index >= 15 is 0 Å². The lowest BCUT2D eigenvalue weighted by molar-refractivity contribution is 0.631. The number of rotatable bonds is 8. The number of furan rings is 2.